The molecule has 3 aromatic rings. The smallest absolute Gasteiger partial charge is 0.407 e. The topological polar surface area (TPSA) is 93.5 Å². The molecule has 30 heavy (non-hydrogen) atoms. The molecule has 0 bridgehead atoms. The Morgan fingerprint density at radius 3 is 2.43 bits per heavy atom. The Kier molecular flexibility index (Phi) is 6.56. The maximum absolute atomic E-state index is 12.4. The van der Waals surface area contributed by atoms with Gasteiger partial charge < -0.3 is 19.8 Å². The van der Waals surface area contributed by atoms with Crippen molar-refractivity contribution in [2.45, 2.75) is 46.4 Å². The standard InChI is InChI=1S/C22H25N3O4S/c1-14-25-18(13-30-14)19-10-9-17(28-19)12-23-20(26)16-7-5-15(6-8-16)11-24-21(27)29-22(2,3)4/h5-10,13H,11-12H2,1-4H3,(H,23,26)(H,24,27). The molecule has 0 fully saturated rings. The van der Waals surface area contributed by atoms with E-state index in [2.05, 4.69) is 15.6 Å². The van der Waals surface area contributed by atoms with E-state index in [4.69, 9.17) is 9.15 Å². The third-order valence-electron chi connectivity index (χ3n) is 4.01. The predicted octanol–water partition coefficient (Wildman–Crippen LogP) is 4.67. The molecule has 0 unspecified atom stereocenters. The molecule has 2 N–H and O–H groups in total. The van der Waals surface area contributed by atoms with Crippen LogP contribution in [0.4, 0.5) is 4.79 Å². The minimum atomic E-state index is -0.542. The molecule has 0 spiro atoms. The second kappa shape index (κ2) is 9.13. The number of hydrogen-bond acceptors (Lipinski definition) is 6. The van der Waals surface area contributed by atoms with Crippen LogP contribution in [0.25, 0.3) is 11.5 Å². The number of nitrogens with zero attached hydrogens (tertiary/aromatic N) is 1. The predicted molar refractivity (Wildman–Crippen MR) is 115 cm³/mol. The molecule has 0 aliphatic heterocycles. The summed E-state index contributed by atoms with van der Waals surface area (Å²) < 4.78 is 11.0. The van der Waals surface area contributed by atoms with Crippen LogP contribution >= 0.6 is 11.3 Å². The average molecular weight is 428 g/mol. The molecule has 1 aromatic carbocycles. The van der Waals surface area contributed by atoms with Gasteiger partial charge in [0.05, 0.1) is 11.6 Å². The van der Waals surface area contributed by atoms with Gasteiger partial charge in [0.1, 0.15) is 17.1 Å². The number of furan rings is 1. The van der Waals surface area contributed by atoms with Crippen molar-refractivity contribution in [3.8, 4) is 11.5 Å². The Hall–Kier alpha value is -3.13. The number of amides is 2. The van der Waals surface area contributed by atoms with Gasteiger partial charge in [-0.3, -0.25) is 4.79 Å². The monoisotopic (exact) mass is 427 g/mol. The largest absolute Gasteiger partial charge is 0.458 e. The van der Waals surface area contributed by atoms with Gasteiger partial charge in [0.25, 0.3) is 5.91 Å². The Labute approximate surface area is 179 Å². The number of ether oxygens (including phenoxy) is 1. The normalized spacial score (nSPS) is 11.2. The molecule has 0 aliphatic rings. The van der Waals surface area contributed by atoms with Gasteiger partial charge in [-0.05, 0) is 57.5 Å². The van der Waals surface area contributed by atoms with E-state index < -0.39 is 11.7 Å². The Morgan fingerprint density at radius 2 is 1.80 bits per heavy atom. The van der Waals surface area contributed by atoms with Gasteiger partial charge in [-0.25, -0.2) is 9.78 Å². The summed E-state index contributed by atoms with van der Waals surface area (Å²) >= 11 is 1.56. The third kappa shape index (κ3) is 6.18. The summed E-state index contributed by atoms with van der Waals surface area (Å²) in [6.45, 7) is 7.97. The fourth-order valence-corrected chi connectivity index (χ4v) is 3.22. The Balaban J connectivity index is 1.49. The molecule has 0 saturated heterocycles. The lowest BCUT2D eigenvalue weighted by atomic mass is 10.1. The van der Waals surface area contributed by atoms with Crippen molar-refractivity contribution in [2.75, 3.05) is 0 Å². The highest BCUT2D eigenvalue weighted by Crippen LogP contribution is 2.23. The van der Waals surface area contributed by atoms with E-state index in [0.717, 1.165) is 16.3 Å². The van der Waals surface area contributed by atoms with E-state index in [0.29, 0.717) is 23.6 Å². The molecule has 2 aromatic heterocycles. The summed E-state index contributed by atoms with van der Waals surface area (Å²) in [5, 5.41) is 8.44. The number of thiazole rings is 1. The summed E-state index contributed by atoms with van der Waals surface area (Å²) in [7, 11) is 0. The number of aryl methyl sites for hydroxylation is 1. The first-order chi connectivity index (χ1) is 14.2. The second-order valence-electron chi connectivity index (χ2n) is 7.75. The van der Waals surface area contributed by atoms with Crippen LogP contribution in [-0.4, -0.2) is 22.6 Å². The zero-order valence-electron chi connectivity index (χ0n) is 17.4. The zero-order valence-corrected chi connectivity index (χ0v) is 18.3. The fourth-order valence-electron chi connectivity index (χ4n) is 2.62. The molecule has 2 amide bonds. The molecule has 0 aliphatic carbocycles. The van der Waals surface area contributed by atoms with Gasteiger partial charge in [-0.1, -0.05) is 12.1 Å². The maximum atomic E-state index is 12.4. The van der Waals surface area contributed by atoms with Crippen LogP contribution in [0.3, 0.4) is 0 Å². The van der Waals surface area contributed by atoms with Crippen molar-refractivity contribution < 1.29 is 18.7 Å². The number of aromatic nitrogens is 1. The molecule has 2 heterocycles. The highest BCUT2D eigenvalue weighted by molar-refractivity contribution is 7.09. The van der Waals surface area contributed by atoms with Crippen molar-refractivity contribution in [2.24, 2.45) is 0 Å². The van der Waals surface area contributed by atoms with Gasteiger partial charge >= 0.3 is 6.09 Å². The molecule has 8 heteroatoms. The molecular weight excluding hydrogens is 402 g/mol. The first-order valence-electron chi connectivity index (χ1n) is 9.55. The lowest BCUT2D eigenvalue weighted by Crippen LogP contribution is -2.32. The highest BCUT2D eigenvalue weighted by Gasteiger charge is 2.16. The van der Waals surface area contributed by atoms with Crippen molar-refractivity contribution in [3.05, 3.63) is 63.7 Å². The van der Waals surface area contributed by atoms with Gasteiger partial charge in [0.15, 0.2) is 5.76 Å². The van der Waals surface area contributed by atoms with Crippen LogP contribution in [0.15, 0.2) is 46.2 Å². The van der Waals surface area contributed by atoms with Crippen LogP contribution in [0.5, 0.6) is 0 Å². The maximum Gasteiger partial charge on any atom is 0.407 e. The second-order valence-corrected chi connectivity index (χ2v) is 8.81. The van der Waals surface area contributed by atoms with E-state index >= 15 is 0 Å². The zero-order chi connectivity index (χ0) is 21.7. The lowest BCUT2D eigenvalue weighted by Gasteiger charge is -2.19. The number of nitrogens with one attached hydrogen (secondary N) is 2. The minimum Gasteiger partial charge on any atom is -0.458 e. The number of carbonyl (C=O) groups is 2. The van der Waals surface area contributed by atoms with Crippen LogP contribution in [0.2, 0.25) is 0 Å². The summed E-state index contributed by atoms with van der Waals surface area (Å²) in [4.78, 5) is 28.5. The Morgan fingerprint density at radius 1 is 1.07 bits per heavy atom. The van der Waals surface area contributed by atoms with Crippen LogP contribution < -0.4 is 10.6 Å². The van der Waals surface area contributed by atoms with E-state index in [1.165, 1.54) is 0 Å². The van der Waals surface area contributed by atoms with Crippen LogP contribution in [-0.2, 0) is 17.8 Å². The average Bonchev–Trinajstić information content (AvgIpc) is 3.32. The fraction of sp³-hybridized carbons (Fsp3) is 0.318. The highest BCUT2D eigenvalue weighted by atomic mass is 32.1. The molecule has 7 nitrogen and oxygen atoms in total. The van der Waals surface area contributed by atoms with Crippen LogP contribution in [0.1, 0.15) is 47.5 Å². The number of benzene rings is 1. The van der Waals surface area contributed by atoms with Crippen molar-refractivity contribution in [1.82, 2.24) is 15.6 Å². The van der Waals surface area contributed by atoms with E-state index in [-0.39, 0.29) is 12.5 Å². The van der Waals surface area contributed by atoms with E-state index in [9.17, 15) is 9.59 Å². The van der Waals surface area contributed by atoms with Gasteiger partial charge in [0, 0.05) is 17.5 Å². The first kappa shape index (κ1) is 21.6. The molecule has 0 atom stereocenters. The summed E-state index contributed by atoms with van der Waals surface area (Å²) in [5.41, 5.74) is 1.65. The first-order valence-corrected chi connectivity index (χ1v) is 10.4. The molecule has 3 rings (SSSR count). The molecular formula is C22H25N3O4S. The number of hydrogen-bond donors (Lipinski definition) is 2. The quantitative estimate of drug-likeness (QED) is 0.596. The van der Waals surface area contributed by atoms with Crippen LogP contribution in [0, 0.1) is 6.92 Å². The summed E-state index contributed by atoms with van der Waals surface area (Å²) in [6, 6.07) is 10.7. The molecule has 0 saturated carbocycles. The van der Waals surface area contributed by atoms with Gasteiger partial charge in [-0.15, -0.1) is 11.3 Å². The molecule has 158 valence electrons. The van der Waals surface area contributed by atoms with E-state index in [1.54, 1.807) is 35.6 Å². The van der Waals surface area contributed by atoms with Crippen molar-refractivity contribution in [1.29, 1.82) is 0 Å². The van der Waals surface area contributed by atoms with Crippen molar-refractivity contribution >= 4 is 23.3 Å². The summed E-state index contributed by atoms with van der Waals surface area (Å²) in [6.07, 6.45) is -0.477. The molecule has 0 radical (unpaired) electrons. The number of rotatable bonds is 6. The SMILES string of the molecule is Cc1nc(-c2ccc(CNC(=O)c3ccc(CNC(=O)OC(C)(C)C)cc3)o2)cs1. The third-order valence-corrected chi connectivity index (χ3v) is 4.78. The Bertz CT molecular complexity index is 1020. The van der Waals surface area contributed by atoms with Gasteiger partial charge in [-0.2, -0.15) is 0 Å². The van der Waals surface area contributed by atoms with Crippen molar-refractivity contribution in [3.63, 3.8) is 0 Å². The van der Waals surface area contributed by atoms with E-state index in [1.807, 2.05) is 45.2 Å². The minimum absolute atomic E-state index is 0.205. The summed E-state index contributed by atoms with van der Waals surface area (Å²) in [5.74, 6) is 1.14. The number of carbonyl (C=O) groups excluding carboxylic acids is 2. The number of alkyl carbamates (subject to hydrolysis) is 1. The lowest BCUT2D eigenvalue weighted by molar-refractivity contribution is 0.0523. The van der Waals surface area contributed by atoms with Gasteiger partial charge in [0.2, 0.25) is 0 Å².